The van der Waals surface area contributed by atoms with Crippen LogP contribution in [0.25, 0.3) is 0 Å². The van der Waals surface area contributed by atoms with Crippen molar-refractivity contribution >= 4 is 12.0 Å². The van der Waals surface area contributed by atoms with Crippen LogP contribution in [0.5, 0.6) is 0 Å². The molecule has 0 aromatic carbocycles. The van der Waals surface area contributed by atoms with Crippen molar-refractivity contribution in [2.24, 2.45) is 0 Å². The summed E-state index contributed by atoms with van der Waals surface area (Å²) >= 11 is 0. The molecule has 1 unspecified atom stereocenters. The van der Waals surface area contributed by atoms with Crippen molar-refractivity contribution in [3.63, 3.8) is 0 Å². The highest BCUT2D eigenvalue weighted by Gasteiger charge is 2.25. The minimum absolute atomic E-state index is 0.00365. The summed E-state index contributed by atoms with van der Waals surface area (Å²) in [6.07, 6.45) is 5.18. The second-order valence-corrected chi connectivity index (χ2v) is 4.63. The first kappa shape index (κ1) is 17.3. The Morgan fingerprint density at radius 1 is 1.37 bits per heavy atom. The number of likely N-dealkylation sites (N-methyl/N-ethyl adjacent to an activating group) is 2. The highest BCUT2D eigenvalue weighted by atomic mass is 16.4. The molecule has 0 aliphatic carbocycles. The Balaban J connectivity index is 4.86. The summed E-state index contributed by atoms with van der Waals surface area (Å²) in [7, 11) is 3.84. The van der Waals surface area contributed by atoms with E-state index in [0.29, 0.717) is 13.1 Å². The third-order valence-corrected chi connectivity index (χ3v) is 2.63. The van der Waals surface area contributed by atoms with Crippen molar-refractivity contribution in [3.8, 4) is 12.3 Å². The zero-order valence-electron chi connectivity index (χ0n) is 12.1. The predicted octanol–water partition coefficient (Wildman–Crippen LogP) is 0.398. The van der Waals surface area contributed by atoms with E-state index in [1.54, 1.807) is 4.90 Å². The van der Waals surface area contributed by atoms with Crippen LogP contribution in [0.4, 0.5) is 4.79 Å². The fourth-order valence-corrected chi connectivity index (χ4v) is 1.91. The number of carbonyl (C=O) groups is 2. The van der Waals surface area contributed by atoms with Gasteiger partial charge in [0.15, 0.2) is 0 Å². The second kappa shape index (κ2) is 8.38. The van der Waals surface area contributed by atoms with Crippen molar-refractivity contribution < 1.29 is 14.7 Å². The molecule has 0 aliphatic heterocycles. The van der Waals surface area contributed by atoms with E-state index in [-0.39, 0.29) is 25.2 Å². The molecule has 0 rings (SSSR count). The number of carbonyl (C=O) groups excluding carboxylic acids is 1. The van der Waals surface area contributed by atoms with Crippen LogP contribution in [-0.4, -0.2) is 78.1 Å². The predicted molar refractivity (Wildman–Crippen MR) is 73.8 cm³/mol. The van der Waals surface area contributed by atoms with Gasteiger partial charge in [-0.2, -0.15) is 0 Å². The molecule has 0 saturated heterocycles. The Labute approximate surface area is 115 Å². The summed E-state index contributed by atoms with van der Waals surface area (Å²) < 4.78 is 0. The Morgan fingerprint density at radius 3 is 2.32 bits per heavy atom. The maximum absolute atomic E-state index is 12.3. The first-order valence-corrected chi connectivity index (χ1v) is 6.19. The number of nitrogens with zero attached hydrogens (tertiary/aromatic N) is 3. The number of terminal acetylenes is 1. The normalized spacial score (nSPS) is 11.8. The summed E-state index contributed by atoms with van der Waals surface area (Å²) in [5.41, 5.74) is 0. The summed E-state index contributed by atoms with van der Waals surface area (Å²) in [6.45, 7) is 4.62. The van der Waals surface area contributed by atoms with Gasteiger partial charge in [0.25, 0.3) is 0 Å². The molecular formula is C13H23N3O3. The fraction of sp³-hybridized carbons (Fsp3) is 0.692. The summed E-state index contributed by atoms with van der Waals surface area (Å²) in [4.78, 5) is 27.8. The van der Waals surface area contributed by atoms with Crippen LogP contribution in [0.3, 0.4) is 0 Å². The van der Waals surface area contributed by atoms with Gasteiger partial charge < -0.3 is 19.8 Å². The fourth-order valence-electron chi connectivity index (χ4n) is 1.91. The zero-order valence-corrected chi connectivity index (χ0v) is 12.1. The standard InChI is InChI=1S/C13H23N3O3/c1-6-8-15(10-12(17)18)13(19)16(7-2)11(3)9-14(4)5/h1,11H,7-10H2,2-5H3,(H,17,18). The largest absolute Gasteiger partial charge is 0.480 e. The molecule has 6 heteroatoms. The number of carboxylic acids is 1. The minimum Gasteiger partial charge on any atom is -0.480 e. The highest BCUT2D eigenvalue weighted by Crippen LogP contribution is 2.06. The molecular weight excluding hydrogens is 246 g/mol. The van der Waals surface area contributed by atoms with Crippen molar-refractivity contribution in [1.82, 2.24) is 14.7 Å². The SMILES string of the molecule is C#CCN(CC(=O)O)C(=O)N(CC)C(C)CN(C)C. The molecule has 0 radical (unpaired) electrons. The lowest BCUT2D eigenvalue weighted by Gasteiger charge is -2.33. The third-order valence-electron chi connectivity index (χ3n) is 2.63. The number of carboxylic acid groups (broad SMARTS) is 1. The van der Waals surface area contributed by atoms with Gasteiger partial charge in [0.05, 0.1) is 6.54 Å². The molecule has 1 N–H and O–H groups in total. The summed E-state index contributed by atoms with van der Waals surface area (Å²) in [5, 5.41) is 8.81. The van der Waals surface area contributed by atoms with Crippen LogP contribution in [0, 0.1) is 12.3 Å². The summed E-state index contributed by atoms with van der Waals surface area (Å²) in [5.74, 6) is 1.25. The molecule has 0 fully saturated rings. The molecule has 19 heavy (non-hydrogen) atoms. The number of rotatable bonds is 7. The Bertz CT molecular complexity index is 350. The molecule has 1 atom stereocenters. The van der Waals surface area contributed by atoms with Crippen LogP contribution in [0.2, 0.25) is 0 Å². The smallest absolute Gasteiger partial charge is 0.323 e. The van der Waals surface area contributed by atoms with E-state index >= 15 is 0 Å². The van der Waals surface area contributed by atoms with E-state index < -0.39 is 5.97 Å². The van der Waals surface area contributed by atoms with E-state index in [9.17, 15) is 9.59 Å². The van der Waals surface area contributed by atoms with Crippen LogP contribution < -0.4 is 0 Å². The van der Waals surface area contributed by atoms with E-state index in [2.05, 4.69) is 5.92 Å². The van der Waals surface area contributed by atoms with Crippen molar-refractivity contribution in [3.05, 3.63) is 0 Å². The highest BCUT2D eigenvalue weighted by molar-refractivity contribution is 5.80. The maximum Gasteiger partial charge on any atom is 0.323 e. The van der Waals surface area contributed by atoms with Gasteiger partial charge in [0.2, 0.25) is 0 Å². The quantitative estimate of drug-likeness (QED) is 0.679. The van der Waals surface area contributed by atoms with E-state index in [4.69, 9.17) is 11.5 Å². The molecule has 6 nitrogen and oxygen atoms in total. The van der Waals surface area contributed by atoms with Gasteiger partial charge in [-0.15, -0.1) is 6.42 Å². The zero-order chi connectivity index (χ0) is 15.0. The monoisotopic (exact) mass is 269 g/mol. The summed E-state index contributed by atoms with van der Waals surface area (Å²) in [6, 6.07) is -0.348. The van der Waals surface area contributed by atoms with E-state index in [1.807, 2.05) is 32.8 Å². The van der Waals surface area contributed by atoms with Crippen molar-refractivity contribution in [2.45, 2.75) is 19.9 Å². The number of aliphatic carboxylic acids is 1. The van der Waals surface area contributed by atoms with Crippen molar-refractivity contribution in [1.29, 1.82) is 0 Å². The van der Waals surface area contributed by atoms with Gasteiger partial charge in [0, 0.05) is 19.1 Å². The lowest BCUT2D eigenvalue weighted by molar-refractivity contribution is -0.137. The first-order chi connectivity index (χ1) is 8.83. The van der Waals surface area contributed by atoms with E-state index in [0.717, 1.165) is 4.90 Å². The molecule has 0 heterocycles. The topological polar surface area (TPSA) is 64.1 Å². The molecule has 2 amide bonds. The average molecular weight is 269 g/mol. The second-order valence-electron chi connectivity index (χ2n) is 4.63. The first-order valence-electron chi connectivity index (χ1n) is 6.19. The van der Waals surface area contributed by atoms with E-state index in [1.165, 1.54) is 0 Å². The van der Waals surface area contributed by atoms with Crippen LogP contribution >= 0.6 is 0 Å². The lowest BCUT2D eigenvalue weighted by atomic mass is 10.2. The number of urea groups is 1. The maximum atomic E-state index is 12.3. The van der Waals surface area contributed by atoms with Crippen LogP contribution in [0.15, 0.2) is 0 Å². The molecule has 0 aliphatic rings. The lowest BCUT2D eigenvalue weighted by Crippen LogP contribution is -2.51. The Morgan fingerprint density at radius 2 is 1.95 bits per heavy atom. The number of hydrogen-bond acceptors (Lipinski definition) is 3. The van der Waals surface area contributed by atoms with Crippen LogP contribution in [0.1, 0.15) is 13.8 Å². The molecule has 0 saturated carbocycles. The molecule has 0 aromatic rings. The minimum atomic E-state index is -1.07. The molecule has 0 spiro atoms. The van der Waals surface area contributed by atoms with Gasteiger partial charge in [-0.25, -0.2) is 4.79 Å². The Kier molecular flexibility index (Phi) is 7.61. The van der Waals surface area contributed by atoms with Gasteiger partial charge in [0.1, 0.15) is 6.54 Å². The van der Waals surface area contributed by atoms with Crippen molar-refractivity contribution in [2.75, 3.05) is 40.3 Å². The number of amides is 2. The molecule has 0 bridgehead atoms. The van der Waals surface area contributed by atoms with Gasteiger partial charge in [-0.1, -0.05) is 5.92 Å². The third kappa shape index (κ3) is 6.11. The Hall–Kier alpha value is -1.74. The molecule has 0 aromatic heterocycles. The number of hydrogen-bond donors (Lipinski definition) is 1. The van der Waals surface area contributed by atoms with Gasteiger partial charge >= 0.3 is 12.0 Å². The van der Waals surface area contributed by atoms with Crippen LogP contribution in [-0.2, 0) is 4.79 Å². The van der Waals surface area contributed by atoms with Gasteiger partial charge in [-0.05, 0) is 27.9 Å². The molecule has 108 valence electrons. The van der Waals surface area contributed by atoms with Gasteiger partial charge in [-0.3, -0.25) is 4.79 Å². The average Bonchev–Trinajstić information content (AvgIpc) is 2.27.